The van der Waals surface area contributed by atoms with Gasteiger partial charge >= 0.3 is 6.03 Å². The summed E-state index contributed by atoms with van der Waals surface area (Å²) < 4.78 is 0. The van der Waals surface area contributed by atoms with Crippen LogP contribution in [0.5, 0.6) is 0 Å². The predicted molar refractivity (Wildman–Crippen MR) is 86.9 cm³/mol. The second-order valence-electron chi connectivity index (χ2n) is 5.87. The van der Waals surface area contributed by atoms with Crippen molar-refractivity contribution in [2.45, 2.75) is 38.6 Å². The van der Waals surface area contributed by atoms with Crippen molar-refractivity contribution in [2.24, 2.45) is 0 Å². The molecule has 1 aromatic heterocycles. The Labute approximate surface area is 131 Å². The molecule has 1 aliphatic heterocycles. The summed E-state index contributed by atoms with van der Waals surface area (Å²) in [6.07, 6.45) is 2.81. The highest BCUT2D eigenvalue weighted by Gasteiger charge is 2.39. The summed E-state index contributed by atoms with van der Waals surface area (Å²) in [5.74, 6) is 0. The van der Waals surface area contributed by atoms with E-state index in [1.807, 2.05) is 11.9 Å². The van der Waals surface area contributed by atoms with Crippen LogP contribution in [0.25, 0.3) is 0 Å². The van der Waals surface area contributed by atoms with Crippen molar-refractivity contribution < 1.29 is 4.79 Å². The predicted octanol–water partition coefficient (Wildman–Crippen LogP) is 2.21. The Bertz CT molecular complexity index is 504. The molecule has 1 aliphatic rings. The molecule has 2 amide bonds. The van der Waals surface area contributed by atoms with Crippen LogP contribution >= 0.6 is 11.3 Å². The molecule has 0 aromatic carbocycles. The second-order valence-corrected chi connectivity index (χ2v) is 7.07. The number of nitrogens with zero attached hydrogens (tertiary/aromatic N) is 3. The number of amides is 2. The molecular formula is C15H26N4OS. The number of thiazole rings is 1. The Kier molecular flexibility index (Phi) is 4.88. The summed E-state index contributed by atoms with van der Waals surface area (Å²) in [6.45, 7) is 5.85. The number of hydrogen-bond acceptors (Lipinski definition) is 4. The summed E-state index contributed by atoms with van der Waals surface area (Å²) in [5, 5.41) is 4.66. The first-order valence-electron chi connectivity index (χ1n) is 7.55. The van der Waals surface area contributed by atoms with Crippen molar-refractivity contribution in [3.63, 3.8) is 0 Å². The lowest BCUT2D eigenvalue weighted by atomic mass is 9.88. The van der Waals surface area contributed by atoms with Crippen LogP contribution in [0.3, 0.4) is 0 Å². The summed E-state index contributed by atoms with van der Waals surface area (Å²) >= 11 is 1.80. The van der Waals surface area contributed by atoms with Crippen LogP contribution in [-0.2, 0) is 12.0 Å². The summed E-state index contributed by atoms with van der Waals surface area (Å²) in [4.78, 5) is 21.8. The normalized spacial score (nSPS) is 17.9. The van der Waals surface area contributed by atoms with Gasteiger partial charge in [-0.25, -0.2) is 9.78 Å². The third kappa shape index (κ3) is 3.06. The molecule has 2 rings (SSSR count). The molecule has 0 radical (unpaired) electrons. The van der Waals surface area contributed by atoms with Gasteiger partial charge in [-0.1, -0.05) is 6.92 Å². The quantitative estimate of drug-likeness (QED) is 0.931. The van der Waals surface area contributed by atoms with E-state index in [-0.39, 0.29) is 11.6 Å². The molecule has 0 unspecified atom stereocenters. The van der Waals surface area contributed by atoms with E-state index in [1.165, 1.54) is 15.6 Å². The zero-order valence-corrected chi connectivity index (χ0v) is 14.5. The number of aryl methyl sites for hydroxylation is 2. The average molecular weight is 310 g/mol. The van der Waals surface area contributed by atoms with E-state index in [0.29, 0.717) is 0 Å². The van der Waals surface area contributed by atoms with Gasteiger partial charge in [0.2, 0.25) is 0 Å². The zero-order valence-electron chi connectivity index (χ0n) is 13.7. The standard InChI is InChI=1S/C15H26N4OS/c1-6-12-11(2)21-13(17-12)15(16-3)7-9-19(10-8-15)14(20)18(4)5/h16H,6-10H2,1-5H3. The first-order chi connectivity index (χ1) is 9.93. The molecule has 0 aliphatic carbocycles. The van der Waals surface area contributed by atoms with Gasteiger partial charge in [-0.3, -0.25) is 0 Å². The van der Waals surface area contributed by atoms with Gasteiger partial charge in [-0.15, -0.1) is 11.3 Å². The van der Waals surface area contributed by atoms with Crippen LogP contribution in [0.2, 0.25) is 0 Å². The summed E-state index contributed by atoms with van der Waals surface area (Å²) in [5.41, 5.74) is 1.13. The first kappa shape index (κ1) is 16.2. The van der Waals surface area contributed by atoms with Gasteiger partial charge in [0.15, 0.2) is 0 Å². The Morgan fingerprint density at radius 1 is 1.43 bits per heavy atom. The van der Waals surface area contributed by atoms with Gasteiger partial charge in [-0.2, -0.15) is 0 Å². The molecule has 1 fully saturated rings. The van der Waals surface area contributed by atoms with E-state index in [4.69, 9.17) is 4.98 Å². The monoisotopic (exact) mass is 310 g/mol. The van der Waals surface area contributed by atoms with Crippen LogP contribution in [0, 0.1) is 6.92 Å². The molecule has 2 heterocycles. The number of aromatic nitrogens is 1. The molecule has 1 aromatic rings. The fraction of sp³-hybridized carbons (Fsp3) is 0.733. The lowest BCUT2D eigenvalue weighted by Gasteiger charge is -2.41. The van der Waals surface area contributed by atoms with Crippen molar-refractivity contribution in [3.05, 3.63) is 15.6 Å². The molecule has 0 spiro atoms. The van der Waals surface area contributed by atoms with Gasteiger partial charge in [0.05, 0.1) is 11.2 Å². The van der Waals surface area contributed by atoms with Crippen molar-refractivity contribution in [1.82, 2.24) is 20.1 Å². The molecule has 0 atom stereocenters. The highest BCUT2D eigenvalue weighted by Crippen LogP contribution is 2.36. The van der Waals surface area contributed by atoms with E-state index in [1.54, 1.807) is 30.3 Å². The van der Waals surface area contributed by atoms with Crippen molar-refractivity contribution in [3.8, 4) is 0 Å². The molecule has 0 bridgehead atoms. The third-order valence-electron chi connectivity index (χ3n) is 4.39. The number of rotatable bonds is 3. The maximum Gasteiger partial charge on any atom is 0.319 e. The van der Waals surface area contributed by atoms with Crippen LogP contribution in [0.15, 0.2) is 0 Å². The molecular weight excluding hydrogens is 284 g/mol. The minimum absolute atomic E-state index is 0.0774. The maximum atomic E-state index is 12.1. The van der Waals surface area contributed by atoms with Crippen LogP contribution < -0.4 is 5.32 Å². The summed E-state index contributed by atoms with van der Waals surface area (Å²) in [7, 11) is 5.62. The van der Waals surface area contributed by atoms with Crippen molar-refractivity contribution in [2.75, 3.05) is 34.2 Å². The third-order valence-corrected chi connectivity index (χ3v) is 5.60. The van der Waals surface area contributed by atoms with E-state index in [9.17, 15) is 4.79 Å². The highest BCUT2D eigenvalue weighted by molar-refractivity contribution is 7.11. The molecule has 118 valence electrons. The minimum atomic E-state index is -0.0774. The lowest BCUT2D eigenvalue weighted by molar-refractivity contribution is 0.127. The maximum absolute atomic E-state index is 12.1. The SMILES string of the molecule is CCc1nc(C2(NC)CCN(C(=O)N(C)C)CC2)sc1C. The Hall–Kier alpha value is -1.14. The number of urea groups is 1. The fourth-order valence-electron chi connectivity index (χ4n) is 2.89. The van der Waals surface area contributed by atoms with Crippen molar-refractivity contribution in [1.29, 1.82) is 0 Å². The molecule has 21 heavy (non-hydrogen) atoms. The van der Waals surface area contributed by atoms with Gasteiger partial charge in [0.1, 0.15) is 5.01 Å². The van der Waals surface area contributed by atoms with Crippen molar-refractivity contribution >= 4 is 17.4 Å². The number of piperidine rings is 1. The van der Waals surface area contributed by atoms with Gasteiger partial charge in [-0.05, 0) is 33.2 Å². The molecule has 0 saturated carbocycles. The first-order valence-corrected chi connectivity index (χ1v) is 8.37. The van der Waals surface area contributed by atoms with E-state index >= 15 is 0 Å². The lowest BCUT2D eigenvalue weighted by Crippen LogP contribution is -2.53. The number of hydrogen-bond donors (Lipinski definition) is 1. The van der Waals surface area contributed by atoms with Crippen LogP contribution in [0.1, 0.15) is 35.3 Å². The molecule has 5 nitrogen and oxygen atoms in total. The molecule has 1 saturated heterocycles. The topological polar surface area (TPSA) is 48.5 Å². The number of likely N-dealkylation sites (tertiary alicyclic amines) is 1. The van der Waals surface area contributed by atoms with E-state index in [2.05, 4.69) is 19.2 Å². The highest BCUT2D eigenvalue weighted by atomic mass is 32.1. The Morgan fingerprint density at radius 3 is 2.48 bits per heavy atom. The number of carbonyl (C=O) groups is 1. The van der Waals surface area contributed by atoms with Crippen LogP contribution in [-0.4, -0.2) is 55.0 Å². The van der Waals surface area contributed by atoms with E-state index in [0.717, 1.165) is 32.4 Å². The van der Waals surface area contributed by atoms with E-state index < -0.39 is 0 Å². The average Bonchev–Trinajstić information content (AvgIpc) is 2.88. The van der Waals surface area contributed by atoms with Gasteiger partial charge in [0, 0.05) is 32.1 Å². The minimum Gasteiger partial charge on any atom is -0.331 e. The zero-order chi connectivity index (χ0) is 15.6. The van der Waals surface area contributed by atoms with Gasteiger partial charge in [0.25, 0.3) is 0 Å². The fourth-order valence-corrected chi connectivity index (χ4v) is 4.15. The molecule has 1 N–H and O–H groups in total. The Balaban J connectivity index is 2.16. The largest absolute Gasteiger partial charge is 0.331 e. The second kappa shape index (κ2) is 6.32. The summed E-state index contributed by atoms with van der Waals surface area (Å²) in [6, 6.07) is 0.101. The number of carbonyl (C=O) groups excluding carboxylic acids is 1. The van der Waals surface area contributed by atoms with Crippen LogP contribution in [0.4, 0.5) is 4.79 Å². The number of nitrogens with one attached hydrogen (secondary N) is 1. The Morgan fingerprint density at radius 2 is 2.05 bits per heavy atom. The van der Waals surface area contributed by atoms with Gasteiger partial charge < -0.3 is 15.1 Å². The smallest absolute Gasteiger partial charge is 0.319 e. The molecule has 6 heteroatoms.